The van der Waals surface area contributed by atoms with Gasteiger partial charge in [-0.2, -0.15) is 0 Å². The van der Waals surface area contributed by atoms with Gasteiger partial charge in [0.05, 0.1) is 11.4 Å². The van der Waals surface area contributed by atoms with Gasteiger partial charge in [0, 0.05) is 6.07 Å². The molecule has 0 amide bonds. The standard InChI is InChI=1S/C5H7NO3S.Na/c1-4-2-5(9-6-4)3-10(7)8;/h2H,3H2,1H3,(H,7,8);/q;+1/p-1. The van der Waals surface area contributed by atoms with E-state index in [0.717, 1.165) is 0 Å². The molecule has 1 aromatic rings. The van der Waals surface area contributed by atoms with E-state index >= 15 is 0 Å². The van der Waals surface area contributed by atoms with Crippen LogP contribution in [0.25, 0.3) is 0 Å². The zero-order chi connectivity index (χ0) is 7.56. The second kappa shape index (κ2) is 5.05. The van der Waals surface area contributed by atoms with Crippen molar-refractivity contribution < 1.29 is 42.8 Å². The zero-order valence-corrected chi connectivity index (χ0v) is 9.18. The van der Waals surface area contributed by atoms with Gasteiger partial charge < -0.3 is 9.08 Å². The van der Waals surface area contributed by atoms with Gasteiger partial charge in [-0.15, -0.1) is 0 Å². The van der Waals surface area contributed by atoms with Crippen molar-refractivity contribution in [2.45, 2.75) is 12.7 Å². The molecule has 6 heteroatoms. The van der Waals surface area contributed by atoms with Crippen LogP contribution in [0.15, 0.2) is 10.6 Å². The van der Waals surface area contributed by atoms with Crippen molar-refractivity contribution in [3.8, 4) is 0 Å². The molecule has 11 heavy (non-hydrogen) atoms. The maximum Gasteiger partial charge on any atom is 1.00 e. The first-order valence-electron chi connectivity index (χ1n) is 2.66. The first kappa shape index (κ1) is 11.3. The maximum atomic E-state index is 10.1. The molecule has 1 aromatic heterocycles. The van der Waals surface area contributed by atoms with Gasteiger partial charge in [0.15, 0.2) is 0 Å². The number of aromatic nitrogens is 1. The SMILES string of the molecule is Cc1cc(CS(=O)[O-])on1.[Na+]. The summed E-state index contributed by atoms with van der Waals surface area (Å²) in [6.45, 7) is 1.74. The molecule has 4 nitrogen and oxygen atoms in total. The second-order valence-corrected chi connectivity index (χ2v) is 2.78. The summed E-state index contributed by atoms with van der Waals surface area (Å²) >= 11 is -2.09. The van der Waals surface area contributed by atoms with Crippen LogP contribution in [-0.2, 0) is 16.8 Å². The van der Waals surface area contributed by atoms with Crippen molar-refractivity contribution in [1.82, 2.24) is 5.16 Å². The van der Waals surface area contributed by atoms with Gasteiger partial charge in [0.25, 0.3) is 0 Å². The summed E-state index contributed by atoms with van der Waals surface area (Å²) in [5.74, 6) is 0.284. The first-order chi connectivity index (χ1) is 4.68. The Bertz CT molecular complexity index is 250. The van der Waals surface area contributed by atoms with E-state index < -0.39 is 11.1 Å². The largest absolute Gasteiger partial charge is 1.00 e. The van der Waals surface area contributed by atoms with Crippen molar-refractivity contribution in [3.05, 3.63) is 17.5 Å². The van der Waals surface area contributed by atoms with E-state index in [9.17, 15) is 8.76 Å². The van der Waals surface area contributed by atoms with Crippen LogP contribution >= 0.6 is 0 Å². The molecule has 0 aromatic carbocycles. The molecule has 0 fully saturated rings. The molecule has 1 unspecified atom stereocenters. The van der Waals surface area contributed by atoms with Crippen molar-refractivity contribution in [1.29, 1.82) is 0 Å². The number of hydrogen-bond donors (Lipinski definition) is 0. The summed E-state index contributed by atoms with van der Waals surface area (Å²) in [7, 11) is 0. The fraction of sp³-hybridized carbons (Fsp3) is 0.400. The Morgan fingerprint density at radius 3 is 2.82 bits per heavy atom. The Hall–Kier alpha value is 0.320. The van der Waals surface area contributed by atoms with E-state index in [1.807, 2.05) is 0 Å². The van der Waals surface area contributed by atoms with Gasteiger partial charge in [0.1, 0.15) is 5.76 Å². The summed E-state index contributed by atoms with van der Waals surface area (Å²) in [5, 5.41) is 3.52. The molecule has 0 N–H and O–H groups in total. The van der Waals surface area contributed by atoms with E-state index in [2.05, 4.69) is 9.68 Å². The van der Waals surface area contributed by atoms with E-state index in [0.29, 0.717) is 11.5 Å². The van der Waals surface area contributed by atoms with Crippen molar-refractivity contribution >= 4 is 11.1 Å². The summed E-state index contributed by atoms with van der Waals surface area (Å²) in [4.78, 5) is 0. The predicted octanol–water partition coefficient (Wildman–Crippen LogP) is -2.63. The van der Waals surface area contributed by atoms with E-state index in [4.69, 9.17) is 0 Å². The van der Waals surface area contributed by atoms with Gasteiger partial charge in [0.2, 0.25) is 0 Å². The zero-order valence-electron chi connectivity index (χ0n) is 6.36. The fourth-order valence-electron chi connectivity index (χ4n) is 0.600. The average Bonchev–Trinajstić information content (AvgIpc) is 2.13. The van der Waals surface area contributed by atoms with Gasteiger partial charge in [-0.05, 0) is 18.0 Å². The Labute approximate surface area is 88.9 Å². The van der Waals surface area contributed by atoms with E-state index in [1.54, 1.807) is 13.0 Å². The van der Waals surface area contributed by atoms with Crippen LogP contribution in [-0.4, -0.2) is 13.9 Å². The molecule has 0 bridgehead atoms. The minimum Gasteiger partial charge on any atom is -0.772 e. The molecule has 0 aliphatic heterocycles. The molecular weight excluding hydrogens is 177 g/mol. The quantitative estimate of drug-likeness (QED) is 0.371. The molecular formula is C5H6NNaO3S. The molecule has 1 rings (SSSR count). The first-order valence-corrected chi connectivity index (χ1v) is 3.91. The van der Waals surface area contributed by atoms with Gasteiger partial charge in [-0.25, -0.2) is 0 Å². The molecule has 0 spiro atoms. The monoisotopic (exact) mass is 183 g/mol. The molecule has 0 aliphatic rings. The maximum absolute atomic E-state index is 10.1. The number of nitrogens with zero attached hydrogens (tertiary/aromatic N) is 1. The third-order valence-corrected chi connectivity index (χ3v) is 1.46. The van der Waals surface area contributed by atoms with Crippen LogP contribution in [0.3, 0.4) is 0 Å². The minimum absolute atomic E-state index is 0. The predicted molar refractivity (Wildman–Crippen MR) is 33.9 cm³/mol. The van der Waals surface area contributed by atoms with Gasteiger partial charge in [-0.3, -0.25) is 4.21 Å². The van der Waals surface area contributed by atoms with Crippen LogP contribution < -0.4 is 29.6 Å². The molecule has 0 aliphatic carbocycles. The molecule has 1 heterocycles. The number of rotatable bonds is 2. The molecule has 1 atom stereocenters. The van der Waals surface area contributed by atoms with Crippen molar-refractivity contribution in [2.75, 3.05) is 0 Å². The van der Waals surface area contributed by atoms with E-state index in [1.165, 1.54) is 0 Å². The van der Waals surface area contributed by atoms with Gasteiger partial charge in [-0.1, -0.05) is 5.16 Å². The van der Waals surface area contributed by atoms with Crippen molar-refractivity contribution in [2.24, 2.45) is 0 Å². The van der Waals surface area contributed by atoms with Crippen molar-refractivity contribution in [3.63, 3.8) is 0 Å². The fourth-order valence-corrected chi connectivity index (χ4v) is 0.969. The van der Waals surface area contributed by atoms with Crippen LogP contribution in [0.1, 0.15) is 11.5 Å². The Kier molecular flexibility index (Phi) is 5.20. The molecule has 0 saturated heterocycles. The summed E-state index contributed by atoms with van der Waals surface area (Å²) in [6.07, 6.45) is 0. The minimum atomic E-state index is -2.09. The summed E-state index contributed by atoms with van der Waals surface area (Å²) < 4.78 is 24.8. The van der Waals surface area contributed by atoms with Crippen LogP contribution in [0.5, 0.6) is 0 Å². The normalized spacial score (nSPS) is 12.2. The topological polar surface area (TPSA) is 66.2 Å². The summed E-state index contributed by atoms with van der Waals surface area (Å²) in [5.41, 5.74) is 0.695. The Morgan fingerprint density at radius 1 is 1.82 bits per heavy atom. The van der Waals surface area contributed by atoms with Gasteiger partial charge >= 0.3 is 29.6 Å². The summed E-state index contributed by atoms with van der Waals surface area (Å²) in [6, 6.07) is 1.59. The molecule has 0 radical (unpaired) electrons. The van der Waals surface area contributed by atoms with E-state index in [-0.39, 0.29) is 35.3 Å². The molecule has 0 saturated carbocycles. The van der Waals surface area contributed by atoms with Crippen LogP contribution in [0.4, 0.5) is 0 Å². The average molecular weight is 183 g/mol. The third kappa shape index (κ3) is 4.03. The number of aryl methyl sites for hydroxylation is 1. The Balaban J connectivity index is 0.000001000. The Morgan fingerprint density at radius 2 is 2.45 bits per heavy atom. The smallest absolute Gasteiger partial charge is 0.772 e. The van der Waals surface area contributed by atoms with Crippen LogP contribution in [0.2, 0.25) is 0 Å². The third-order valence-electron chi connectivity index (χ3n) is 0.937. The number of hydrogen-bond acceptors (Lipinski definition) is 4. The molecule has 56 valence electrons. The second-order valence-electron chi connectivity index (χ2n) is 1.88. The van der Waals surface area contributed by atoms with Crippen LogP contribution in [0, 0.1) is 6.92 Å².